The zero-order valence-electron chi connectivity index (χ0n) is 25.1. The van der Waals surface area contributed by atoms with E-state index in [1.165, 1.54) is 4.90 Å². The molecule has 0 aliphatic carbocycles. The van der Waals surface area contributed by atoms with Crippen LogP contribution < -0.4 is 25.5 Å². The van der Waals surface area contributed by atoms with E-state index in [0.717, 1.165) is 20.9 Å². The SMILES string of the molecule is O=C([O-])CN(CCN(CCN(CC(=O)[O-])CC(=O)[O-])[C@@H](CCC(=O)N(Cc1ccccc1)Cc1ccccc1)C(=O)[O-])CC(=O)[O-]. The van der Waals surface area contributed by atoms with Gasteiger partial charge in [0, 0.05) is 77.9 Å². The van der Waals surface area contributed by atoms with Gasteiger partial charge in [0.05, 0.1) is 29.8 Å². The van der Waals surface area contributed by atoms with Crippen molar-refractivity contribution in [1.29, 1.82) is 0 Å². The Labute approximate surface area is 265 Å². The molecule has 0 saturated carbocycles. The van der Waals surface area contributed by atoms with Gasteiger partial charge in [0.15, 0.2) is 0 Å². The Morgan fingerprint density at radius 2 is 0.913 bits per heavy atom. The fourth-order valence-corrected chi connectivity index (χ4v) is 4.83. The van der Waals surface area contributed by atoms with Crippen molar-refractivity contribution in [2.75, 3.05) is 52.4 Å². The van der Waals surface area contributed by atoms with Gasteiger partial charge in [0.1, 0.15) is 0 Å². The zero-order chi connectivity index (χ0) is 34.1. The van der Waals surface area contributed by atoms with Crippen LogP contribution in [0.3, 0.4) is 0 Å². The van der Waals surface area contributed by atoms with Crippen molar-refractivity contribution in [1.82, 2.24) is 19.6 Å². The predicted octanol–water partition coefficient (Wildman–Crippen LogP) is -5.98. The Bertz CT molecular complexity index is 1200. The number of hydrogen-bond acceptors (Lipinski definition) is 14. The average Bonchev–Trinajstić information content (AvgIpc) is 2.97. The number of amides is 1. The topological polar surface area (TPSA) is 231 Å². The Balaban J connectivity index is 2.28. The van der Waals surface area contributed by atoms with Crippen molar-refractivity contribution in [3.63, 3.8) is 0 Å². The summed E-state index contributed by atoms with van der Waals surface area (Å²) in [6.07, 6.45) is -0.554. The van der Waals surface area contributed by atoms with Gasteiger partial charge in [-0.1, -0.05) is 60.7 Å². The lowest BCUT2D eigenvalue weighted by Crippen LogP contribution is -2.54. The minimum Gasteiger partial charge on any atom is -0.549 e. The van der Waals surface area contributed by atoms with Crippen molar-refractivity contribution in [2.24, 2.45) is 0 Å². The standard InChI is InChI=1S/C31H40N4O11/c36-26(35(17-23-7-3-1-4-8-23)18-24-9-5-2-6-10-24)12-11-25(31(45)46)34(15-13-32(19-27(37)38)20-28(39)40)16-14-33(21-29(41)42)22-30(43)44/h1-10,25H,11-22H2,(H,37,38)(H,39,40)(H,41,42)(H,43,44)(H,45,46)/p-5/t25-/m0/s1. The van der Waals surface area contributed by atoms with Gasteiger partial charge in [-0.25, -0.2) is 0 Å². The van der Waals surface area contributed by atoms with E-state index in [1.807, 2.05) is 60.7 Å². The molecule has 0 unspecified atom stereocenters. The Hall–Kier alpha value is -4.86. The summed E-state index contributed by atoms with van der Waals surface area (Å²) in [6, 6.07) is 16.8. The van der Waals surface area contributed by atoms with Gasteiger partial charge in [-0.3, -0.25) is 19.5 Å². The van der Waals surface area contributed by atoms with Crippen LogP contribution in [-0.4, -0.2) is 114 Å². The number of rotatable bonds is 23. The summed E-state index contributed by atoms with van der Waals surface area (Å²) < 4.78 is 0. The quantitative estimate of drug-likeness (QED) is 0.110. The maximum Gasteiger partial charge on any atom is 0.223 e. The fourth-order valence-electron chi connectivity index (χ4n) is 4.83. The Morgan fingerprint density at radius 1 is 0.543 bits per heavy atom. The highest BCUT2D eigenvalue weighted by atomic mass is 16.4. The summed E-state index contributed by atoms with van der Waals surface area (Å²) in [5.41, 5.74) is 1.68. The van der Waals surface area contributed by atoms with Gasteiger partial charge >= 0.3 is 0 Å². The van der Waals surface area contributed by atoms with Crippen molar-refractivity contribution in [2.45, 2.75) is 32.0 Å². The first-order valence-electron chi connectivity index (χ1n) is 14.4. The second-order valence-corrected chi connectivity index (χ2v) is 10.5. The summed E-state index contributed by atoms with van der Waals surface area (Å²) in [7, 11) is 0. The summed E-state index contributed by atoms with van der Waals surface area (Å²) in [5, 5.41) is 57.0. The largest absolute Gasteiger partial charge is 0.549 e. The smallest absolute Gasteiger partial charge is 0.223 e. The number of carbonyl (C=O) groups excluding carboxylic acids is 6. The van der Waals surface area contributed by atoms with E-state index in [2.05, 4.69) is 0 Å². The van der Waals surface area contributed by atoms with E-state index < -0.39 is 62.1 Å². The Morgan fingerprint density at radius 3 is 1.24 bits per heavy atom. The molecular weight excluding hydrogens is 604 g/mol. The van der Waals surface area contributed by atoms with Crippen LogP contribution in [0, 0.1) is 0 Å². The fraction of sp³-hybridized carbons (Fsp3) is 0.419. The Kier molecular flexibility index (Phi) is 15.8. The van der Waals surface area contributed by atoms with Crippen LogP contribution in [0.25, 0.3) is 0 Å². The van der Waals surface area contributed by atoms with Crippen LogP contribution in [0.15, 0.2) is 60.7 Å². The highest BCUT2D eigenvalue weighted by molar-refractivity contribution is 5.78. The van der Waals surface area contributed by atoms with E-state index in [0.29, 0.717) is 0 Å². The molecule has 2 aromatic rings. The molecular formula is C31H35N4O11-5. The second kappa shape index (κ2) is 19.5. The van der Waals surface area contributed by atoms with E-state index in [4.69, 9.17) is 0 Å². The van der Waals surface area contributed by atoms with Crippen molar-refractivity contribution in [3.8, 4) is 0 Å². The number of hydrogen-bond donors (Lipinski definition) is 0. The van der Waals surface area contributed by atoms with E-state index in [9.17, 15) is 54.3 Å². The first kappa shape index (κ1) is 37.3. The zero-order valence-corrected chi connectivity index (χ0v) is 25.1. The predicted molar refractivity (Wildman–Crippen MR) is 150 cm³/mol. The molecule has 46 heavy (non-hydrogen) atoms. The van der Waals surface area contributed by atoms with Gasteiger partial charge < -0.3 is 54.4 Å². The van der Waals surface area contributed by atoms with Gasteiger partial charge in [0.2, 0.25) is 5.91 Å². The lowest BCUT2D eigenvalue weighted by Gasteiger charge is -2.36. The van der Waals surface area contributed by atoms with E-state index in [1.54, 1.807) is 4.90 Å². The lowest BCUT2D eigenvalue weighted by atomic mass is 10.1. The third-order valence-corrected chi connectivity index (χ3v) is 6.95. The van der Waals surface area contributed by atoms with Crippen LogP contribution in [0.2, 0.25) is 0 Å². The summed E-state index contributed by atoms with van der Waals surface area (Å²) >= 11 is 0. The summed E-state index contributed by atoms with van der Waals surface area (Å²) in [4.78, 5) is 75.1. The number of carboxylic acid groups (broad SMARTS) is 5. The first-order chi connectivity index (χ1) is 21.8. The highest BCUT2D eigenvalue weighted by Gasteiger charge is 2.24. The molecule has 0 aliphatic heterocycles. The molecule has 0 radical (unpaired) electrons. The van der Waals surface area contributed by atoms with Crippen molar-refractivity contribution >= 4 is 35.8 Å². The molecule has 2 aromatic carbocycles. The van der Waals surface area contributed by atoms with Gasteiger partial charge in [0.25, 0.3) is 0 Å². The summed E-state index contributed by atoms with van der Waals surface area (Å²) in [6.45, 7) is -3.97. The normalized spacial score (nSPS) is 11.8. The minimum absolute atomic E-state index is 0.233. The summed E-state index contributed by atoms with van der Waals surface area (Å²) in [5.74, 6) is -8.38. The molecule has 0 aromatic heterocycles. The second-order valence-electron chi connectivity index (χ2n) is 10.5. The lowest BCUT2D eigenvalue weighted by molar-refractivity contribution is -0.314. The third kappa shape index (κ3) is 14.7. The minimum atomic E-state index is -1.61. The average molecular weight is 640 g/mol. The molecule has 0 aliphatic rings. The molecule has 0 N–H and O–H groups in total. The van der Waals surface area contributed by atoms with Gasteiger partial charge in [-0.05, 0) is 17.5 Å². The first-order valence-corrected chi connectivity index (χ1v) is 14.4. The molecule has 250 valence electrons. The molecule has 0 saturated heterocycles. The molecule has 0 spiro atoms. The van der Waals surface area contributed by atoms with E-state index in [-0.39, 0.29) is 58.0 Å². The van der Waals surface area contributed by atoms with Crippen LogP contribution in [-0.2, 0) is 41.9 Å². The number of aliphatic carboxylic acids is 5. The molecule has 2 rings (SSSR count). The molecule has 15 nitrogen and oxygen atoms in total. The number of benzene rings is 2. The molecule has 0 bridgehead atoms. The third-order valence-electron chi connectivity index (χ3n) is 6.95. The highest BCUT2D eigenvalue weighted by Crippen LogP contribution is 2.15. The van der Waals surface area contributed by atoms with Gasteiger partial charge in [-0.15, -0.1) is 0 Å². The van der Waals surface area contributed by atoms with Gasteiger partial charge in [-0.2, -0.15) is 0 Å². The maximum atomic E-state index is 13.5. The van der Waals surface area contributed by atoms with Crippen LogP contribution in [0.5, 0.6) is 0 Å². The number of carboxylic acids is 5. The number of carbonyl (C=O) groups is 6. The maximum absolute atomic E-state index is 13.5. The molecule has 1 amide bonds. The van der Waals surface area contributed by atoms with Crippen LogP contribution in [0.1, 0.15) is 24.0 Å². The molecule has 15 heteroatoms. The van der Waals surface area contributed by atoms with E-state index >= 15 is 0 Å². The monoisotopic (exact) mass is 639 g/mol. The van der Waals surface area contributed by atoms with Crippen molar-refractivity contribution in [3.05, 3.63) is 71.8 Å². The molecule has 0 fully saturated rings. The molecule has 0 heterocycles. The van der Waals surface area contributed by atoms with Crippen molar-refractivity contribution < 1.29 is 54.3 Å². The molecule has 1 atom stereocenters. The number of nitrogens with zero attached hydrogens (tertiary/aromatic N) is 4. The van der Waals surface area contributed by atoms with Crippen LogP contribution >= 0.6 is 0 Å². The van der Waals surface area contributed by atoms with Crippen LogP contribution in [0.4, 0.5) is 0 Å².